The summed E-state index contributed by atoms with van der Waals surface area (Å²) in [4.78, 5) is 28.8. The first-order valence-corrected chi connectivity index (χ1v) is 9.83. The minimum Gasteiger partial charge on any atom is -0.467 e. The molecule has 0 radical (unpaired) electrons. The molecule has 6 nitrogen and oxygen atoms in total. The molecule has 0 unspecified atom stereocenters. The first kappa shape index (κ1) is 20.5. The molecule has 0 N–H and O–H groups in total. The summed E-state index contributed by atoms with van der Waals surface area (Å²) in [6, 6.07) is 3.69. The summed E-state index contributed by atoms with van der Waals surface area (Å²) in [5.41, 5.74) is 0. The summed E-state index contributed by atoms with van der Waals surface area (Å²) in [5.74, 6) is 0.767. The van der Waals surface area contributed by atoms with Crippen LogP contribution in [0.3, 0.4) is 0 Å². The van der Waals surface area contributed by atoms with Crippen LogP contribution < -0.4 is 0 Å². The average molecular weight is 364 g/mol. The molecular weight excluding hydrogens is 332 g/mol. The Morgan fingerprint density at radius 1 is 1.19 bits per heavy atom. The van der Waals surface area contributed by atoms with Crippen LogP contribution in [0.4, 0.5) is 0 Å². The number of amides is 2. The van der Waals surface area contributed by atoms with Gasteiger partial charge in [-0.15, -0.1) is 0 Å². The van der Waals surface area contributed by atoms with Crippen molar-refractivity contribution in [2.45, 2.75) is 65.0 Å². The second-order valence-corrected chi connectivity index (χ2v) is 6.91. The van der Waals surface area contributed by atoms with Crippen molar-refractivity contribution in [3.63, 3.8) is 0 Å². The summed E-state index contributed by atoms with van der Waals surface area (Å²) >= 11 is 0. The second-order valence-electron chi connectivity index (χ2n) is 6.91. The van der Waals surface area contributed by atoms with Gasteiger partial charge in [-0.3, -0.25) is 9.59 Å². The van der Waals surface area contributed by atoms with Crippen LogP contribution >= 0.6 is 0 Å². The van der Waals surface area contributed by atoms with Gasteiger partial charge >= 0.3 is 0 Å². The summed E-state index contributed by atoms with van der Waals surface area (Å²) in [7, 11) is 0. The summed E-state index contributed by atoms with van der Waals surface area (Å²) in [6.07, 6.45) is 6.87. The number of nitrogens with zero attached hydrogens (tertiary/aromatic N) is 2. The van der Waals surface area contributed by atoms with Gasteiger partial charge in [0.05, 0.1) is 25.5 Å². The Labute approximate surface area is 156 Å². The maximum absolute atomic E-state index is 13.0. The molecule has 1 saturated heterocycles. The molecule has 1 aliphatic rings. The highest BCUT2D eigenvalue weighted by Crippen LogP contribution is 2.16. The van der Waals surface area contributed by atoms with E-state index in [0.717, 1.165) is 44.5 Å². The van der Waals surface area contributed by atoms with Crippen molar-refractivity contribution >= 4 is 11.8 Å². The fourth-order valence-electron chi connectivity index (χ4n) is 3.19. The standard InChI is InChI=1S/C20H32N2O4/c1-3-5-10-19(23)21(11-4-2)16-20(24)22(14-17-8-6-12-25-17)15-18-9-7-13-26-18/h6,8,12,18H,3-5,7,9-11,13-16H2,1-2H3/t18-/m0/s1. The number of carbonyl (C=O) groups excluding carboxylic acids is 2. The van der Waals surface area contributed by atoms with Crippen molar-refractivity contribution < 1.29 is 18.7 Å². The van der Waals surface area contributed by atoms with Crippen LogP contribution in [0.25, 0.3) is 0 Å². The number of furan rings is 1. The molecule has 1 aliphatic heterocycles. The lowest BCUT2D eigenvalue weighted by Crippen LogP contribution is -2.45. The van der Waals surface area contributed by atoms with Crippen LogP contribution in [-0.2, 0) is 20.9 Å². The Hall–Kier alpha value is -1.82. The normalized spacial score (nSPS) is 16.6. The predicted octanol–water partition coefficient (Wildman–Crippen LogP) is 3.22. The number of ether oxygens (including phenoxy) is 1. The molecule has 26 heavy (non-hydrogen) atoms. The Kier molecular flexibility index (Phi) is 8.68. The van der Waals surface area contributed by atoms with Gasteiger partial charge in [0.25, 0.3) is 0 Å². The first-order chi connectivity index (χ1) is 12.6. The van der Waals surface area contributed by atoms with Gasteiger partial charge in [0.2, 0.25) is 11.8 Å². The highest BCUT2D eigenvalue weighted by Gasteiger charge is 2.25. The zero-order valence-corrected chi connectivity index (χ0v) is 16.1. The van der Waals surface area contributed by atoms with Crippen molar-refractivity contribution in [2.24, 2.45) is 0 Å². The Balaban J connectivity index is 2.00. The van der Waals surface area contributed by atoms with Gasteiger partial charge in [-0.05, 0) is 37.8 Å². The quantitative estimate of drug-likeness (QED) is 0.605. The van der Waals surface area contributed by atoms with Gasteiger partial charge < -0.3 is 19.0 Å². The van der Waals surface area contributed by atoms with Crippen molar-refractivity contribution in [3.8, 4) is 0 Å². The van der Waals surface area contributed by atoms with Gasteiger partial charge in [0, 0.05) is 26.1 Å². The lowest BCUT2D eigenvalue weighted by molar-refractivity contribution is -0.142. The van der Waals surface area contributed by atoms with Gasteiger partial charge in [-0.25, -0.2) is 0 Å². The molecule has 0 saturated carbocycles. The molecule has 1 fully saturated rings. The predicted molar refractivity (Wildman–Crippen MR) is 99.5 cm³/mol. The second kappa shape index (κ2) is 11.0. The van der Waals surface area contributed by atoms with Gasteiger partial charge in [-0.2, -0.15) is 0 Å². The Bertz CT molecular complexity index is 538. The Morgan fingerprint density at radius 2 is 2.04 bits per heavy atom. The van der Waals surface area contributed by atoms with Gasteiger partial charge in [0.15, 0.2) is 0 Å². The minimum absolute atomic E-state index is 0.0461. The van der Waals surface area contributed by atoms with E-state index in [1.807, 2.05) is 19.1 Å². The number of hydrogen-bond acceptors (Lipinski definition) is 4. The number of rotatable bonds is 11. The van der Waals surface area contributed by atoms with Gasteiger partial charge in [-0.1, -0.05) is 20.3 Å². The van der Waals surface area contributed by atoms with Crippen LogP contribution in [0.2, 0.25) is 0 Å². The molecule has 1 aromatic heterocycles. The van der Waals surface area contributed by atoms with Crippen LogP contribution in [0.15, 0.2) is 22.8 Å². The molecule has 0 spiro atoms. The SMILES string of the molecule is CCCCC(=O)N(CCC)CC(=O)N(Cc1ccco1)C[C@@H]1CCCO1. The number of carbonyl (C=O) groups is 2. The largest absolute Gasteiger partial charge is 0.467 e. The molecule has 1 atom stereocenters. The van der Waals surface area contributed by atoms with E-state index < -0.39 is 0 Å². The lowest BCUT2D eigenvalue weighted by Gasteiger charge is -2.28. The molecule has 6 heteroatoms. The smallest absolute Gasteiger partial charge is 0.242 e. The number of hydrogen-bond donors (Lipinski definition) is 0. The number of unbranched alkanes of at least 4 members (excludes halogenated alkanes) is 1. The van der Waals surface area contributed by atoms with E-state index in [1.54, 1.807) is 16.1 Å². The van der Waals surface area contributed by atoms with E-state index in [0.29, 0.717) is 26.1 Å². The summed E-state index contributed by atoms with van der Waals surface area (Å²) in [6.45, 7) is 6.54. The fourth-order valence-corrected chi connectivity index (χ4v) is 3.19. The third-order valence-electron chi connectivity index (χ3n) is 4.64. The van der Waals surface area contributed by atoms with Crippen LogP contribution in [0.5, 0.6) is 0 Å². The topological polar surface area (TPSA) is 63.0 Å². The van der Waals surface area contributed by atoms with Crippen LogP contribution in [0, 0.1) is 0 Å². The maximum atomic E-state index is 13.0. The zero-order valence-electron chi connectivity index (χ0n) is 16.1. The molecule has 2 heterocycles. The van der Waals surface area contributed by atoms with E-state index in [-0.39, 0.29) is 24.5 Å². The molecule has 0 aromatic carbocycles. The van der Waals surface area contributed by atoms with E-state index in [1.165, 1.54) is 0 Å². The monoisotopic (exact) mass is 364 g/mol. The first-order valence-electron chi connectivity index (χ1n) is 9.83. The van der Waals surface area contributed by atoms with E-state index in [9.17, 15) is 9.59 Å². The van der Waals surface area contributed by atoms with Crippen LogP contribution in [-0.4, -0.2) is 54.0 Å². The van der Waals surface area contributed by atoms with E-state index in [4.69, 9.17) is 9.15 Å². The van der Waals surface area contributed by atoms with Crippen LogP contribution in [0.1, 0.15) is 58.1 Å². The molecule has 0 bridgehead atoms. The van der Waals surface area contributed by atoms with Crippen molar-refractivity contribution in [2.75, 3.05) is 26.2 Å². The van der Waals surface area contributed by atoms with Gasteiger partial charge in [0.1, 0.15) is 5.76 Å². The average Bonchev–Trinajstić information content (AvgIpc) is 3.32. The van der Waals surface area contributed by atoms with E-state index in [2.05, 4.69) is 6.92 Å². The van der Waals surface area contributed by atoms with Crippen molar-refractivity contribution in [3.05, 3.63) is 24.2 Å². The molecule has 2 amide bonds. The third kappa shape index (κ3) is 6.48. The minimum atomic E-state index is -0.0461. The molecule has 146 valence electrons. The molecular formula is C20H32N2O4. The maximum Gasteiger partial charge on any atom is 0.242 e. The summed E-state index contributed by atoms with van der Waals surface area (Å²) in [5, 5.41) is 0. The highest BCUT2D eigenvalue weighted by molar-refractivity contribution is 5.84. The van der Waals surface area contributed by atoms with E-state index >= 15 is 0 Å². The lowest BCUT2D eigenvalue weighted by atomic mass is 10.2. The zero-order chi connectivity index (χ0) is 18.8. The Morgan fingerprint density at radius 3 is 2.65 bits per heavy atom. The highest BCUT2D eigenvalue weighted by atomic mass is 16.5. The molecule has 2 rings (SSSR count). The van der Waals surface area contributed by atoms with Crippen molar-refractivity contribution in [1.29, 1.82) is 0 Å². The fraction of sp³-hybridized carbons (Fsp3) is 0.700. The van der Waals surface area contributed by atoms with Crippen molar-refractivity contribution in [1.82, 2.24) is 9.80 Å². The summed E-state index contributed by atoms with van der Waals surface area (Å²) < 4.78 is 11.1. The third-order valence-corrected chi connectivity index (χ3v) is 4.64. The molecule has 0 aliphatic carbocycles. The molecule has 1 aromatic rings.